The minimum absolute atomic E-state index is 0.204. The number of nitrogens with one attached hydrogen (secondary N) is 1. The summed E-state index contributed by atoms with van der Waals surface area (Å²) in [5, 5.41) is 11.7. The van der Waals surface area contributed by atoms with Crippen LogP contribution in [0.3, 0.4) is 0 Å². The van der Waals surface area contributed by atoms with Crippen LogP contribution in [0.4, 0.5) is 10.1 Å². The largest absolute Gasteiger partial charge is 0.471 e. The van der Waals surface area contributed by atoms with Gasteiger partial charge < -0.3 is 10.1 Å². The summed E-state index contributed by atoms with van der Waals surface area (Å²) in [6.45, 7) is 1.78. The lowest BCUT2D eigenvalue weighted by Crippen LogP contribution is -2.38. The molecule has 0 spiro atoms. The highest BCUT2D eigenvalue weighted by Crippen LogP contribution is 2.33. The average Bonchev–Trinajstić information content (AvgIpc) is 2.19. The van der Waals surface area contributed by atoms with Crippen LogP contribution in [0.25, 0.3) is 0 Å². The first-order valence-corrected chi connectivity index (χ1v) is 4.33. The zero-order chi connectivity index (χ0) is 10.1. The summed E-state index contributed by atoms with van der Waals surface area (Å²) >= 11 is 0. The molecule has 2 atom stereocenters. The third-order valence-corrected chi connectivity index (χ3v) is 2.18. The van der Waals surface area contributed by atoms with Crippen molar-refractivity contribution in [2.24, 2.45) is 0 Å². The number of hydrogen-bond acceptors (Lipinski definition) is 3. The van der Waals surface area contributed by atoms with E-state index in [1.54, 1.807) is 19.1 Å². The molecule has 1 aliphatic heterocycles. The predicted octanol–water partition coefficient (Wildman–Crippen LogP) is 1.91. The van der Waals surface area contributed by atoms with Crippen LogP contribution in [0.15, 0.2) is 18.2 Å². The first kappa shape index (κ1) is 8.82. The molecule has 0 saturated carbocycles. The molecule has 0 aliphatic carbocycles. The van der Waals surface area contributed by atoms with E-state index >= 15 is 0 Å². The van der Waals surface area contributed by atoms with Crippen molar-refractivity contribution in [2.75, 3.05) is 5.32 Å². The van der Waals surface area contributed by atoms with Gasteiger partial charge in [0.05, 0.1) is 6.04 Å². The molecular formula is C10H9FN2O. The van der Waals surface area contributed by atoms with Crippen LogP contribution in [-0.4, -0.2) is 12.1 Å². The van der Waals surface area contributed by atoms with Gasteiger partial charge in [-0.25, -0.2) is 4.39 Å². The Hall–Kier alpha value is -1.76. The first-order valence-electron chi connectivity index (χ1n) is 4.33. The van der Waals surface area contributed by atoms with Crippen LogP contribution >= 0.6 is 0 Å². The molecule has 0 bridgehead atoms. The van der Waals surface area contributed by atoms with Crippen LogP contribution in [0.2, 0.25) is 0 Å². The number of halogens is 1. The van der Waals surface area contributed by atoms with Crippen LogP contribution in [0.1, 0.15) is 6.92 Å². The van der Waals surface area contributed by atoms with Crippen LogP contribution < -0.4 is 10.1 Å². The van der Waals surface area contributed by atoms with Gasteiger partial charge in [0.15, 0.2) is 0 Å². The van der Waals surface area contributed by atoms with Crippen molar-refractivity contribution in [3.63, 3.8) is 0 Å². The number of nitrogens with zero attached hydrogens (tertiary/aromatic N) is 1. The quantitative estimate of drug-likeness (QED) is 0.682. The molecule has 1 aliphatic rings. The number of rotatable bonds is 0. The van der Waals surface area contributed by atoms with Gasteiger partial charge in [0.25, 0.3) is 0 Å². The predicted molar refractivity (Wildman–Crippen MR) is 49.5 cm³/mol. The van der Waals surface area contributed by atoms with E-state index in [1.807, 2.05) is 6.07 Å². The highest BCUT2D eigenvalue weighted by molar-refractivity contribution is 5.60. The lowest BCUT2D eigenvalue weighted by Gasteiger charge is -2.28. The summed E-state index contributed by atoms with van der Waals surface area (Å²) in [6.07, 6.45) is -0.565. The molecule has 1 aromatic rings. The minimum atomic E-state index is -0.565. The Morgan fingerprint density at radius 3 is 3.07 bits per heavy atom. The van der Waals surface area contributed by atoms with E-state index in [9.17, 15) is 4.39 Å². The summed E-state index contributed by atoms with van der Waals surface area (Å²) in [5.74, 6) is 0.0420. The van der Waals surface area contributed by atoms with Crippen molar-refractivity contribution in [1.29, 1.82) is 5.26 Å². The number of anilines is 1. The van der Waals surface area contributed by atoms with Crippen molar-refractivity contribution >= 4 is 5.69 Å². The summed E-state index contributed by atoms with van der Waals surface area (Å²) in [7, 11) is 0. The minimum Gasteiger partial charge on any atom is -0.471 e. The summed E-state index contributed by atoms with van der Waals surface area (Å²) in [6, 6.07) is 6.35. The molecule has 0 amide bonds. The molecule has 1 heterocycles. The molecule has 2 unspecified atom stereocenters. The molecular weight excluding hydrogens is 183 g/mol. The van der Waals surface area contributed by atoms with Crippen LogP contribution in [-0.2, 0) is 0 Å². The third kappa shape index (κ3) is 1.27. The van der Waals surface area contributed by atoms with Gasteiger partial charge in [0.1, 0.15) is 23.3 Å². The third-order valence-electron chi connectivity index (χ3n) is 2.18. The fourth-order valence-corrected chi connectivity index (χ4v) is 1.42. The Labute approximate surface area is 81.1 Å². The number of nitriles is 1. The monoisotopic (exact) mass is 192 g/mol. The molecule has 4 heteroatoms. The van der Waals surface area contributed by atoms with E-state index in [-0.39, 0.29) is 11.9 Å². The molecule has 2 rings (SSSR count). The Balaban J connectivity index is 2.41. The molecule has 1 aromatic carbocycles. The van der Waals surface area contributed by atoms with Gasteiger partial charge in [-0.3, -0.25) is 0 Å². The fourth-order valence-electron chi connectivity index (χ4n) is 1.42. The van der Waals surface area contributed by atoms with Crippen molar-refractivity contribution in [2.45, 2.75) is 19.1 Å². The van der Waals surface area contributed by atoms with Gasteiger partial charge in [-0.05, 0) is 19.1 Å². The van der Waals surface area contributed by atoms with Gasteiger partial charge in [0.2, 0.25) is 6.10 Å². The number of benzene rings is 1. The standard InChI is InChI=1S/C10H9FN2O/c1-6-9(5-12)14-8-4-2-3-7(11)10(8)13-6/h2-4,6,9,13H,1H3. The molecule has 0 fully saturated rings. The van der Waals surface area contributed by atoms with Crippen LogP contribution in [0, 0.1) is 17.1 Å². The summed E-state index contributed by atoms with van der Waals surface area (Å²) in [5.41, 5.74) is 0.339. The Morgan fingerprint density at radius 1 is 1.57 bits per heavy atom. The Kier molecular flexibility index (Phi) is 2.01. The zero-order valence-corrected chi connectivity index (χ0v) is 7.62. The van der Waals surface area contributed by atoms with E-state index in [1.165, 1.54) is 6.07 Å². The summed E-state index contributed by atoms with van der Waals surface area (Å²) in [4.78, 5) is 0. The van der Waals surface area contributed by atoms with Crippen molar-refractivity contribution in [1.82, 2.24) is 0 Å². The second kappa shape index (κ2) is 3.18. The number of ether oxygens (including phenoxy) is 1. The highest BCUT2D eigenvalue weighted by atomic mass is 19.1. The normalized spacial score (nSPS) is 24.1. The smallest absolute Gasteiger partial charge is 0.204 e. The second-order valence-corrected chi connectivity index (χ2v) is 3.21. The fraction of sp³-hybridized carbons (Fsp3) is 0.300. The van der Waals surface area contributed by atoms with Crippen molar-refractivity contribution < 1.29 is 9.13 Å². The molecule has 0 aromatic heterocycles. The first-order chi connectivity index (χ1) is 6.72. The van der Waals surface area contributed by atoms with E-state index in [0.717, 1.165) is 0 Å². The second-order valence-electron chi connectivity index (χ2n) is 3.21. The highest BCUT2D eigenvalue weighted by Gasteiger charge is 2.27. The van der Waals surface area contributed by atoms with Crippen molar-refractivity contribution in [3.8, 4) is 11.8 Å². The van der Waals surface area contributed by atoms with Gasteiger partial charge in [0, 0.05) is 0 Å². The maximum Gasteiger partial charge on any atom is 0.204 e. The maximum absolute atomic E-state index is 13.3. The van der Waals surface area contributed by atoms with Gasteiger partial charge in [-0.2, -0.15) is 5.26 Å². The lowest BCUT2D eigenvalue weighted by atomic mass is 10.1. The number of hydrogen-bond donors (Lipinski definition) is 1. The molecule has 72 valence electrons. The zero-order valence-electron chi connectivity index (χ0n) is 7.62. The molecule has 3 nitrogen and oxygen atoms in total. The van der Waals surface area contributed by atoms with Crippen LogP contribution in [0.5, 0.6) is 5.75 Å². The molecule has 1 N–H and O–H groups in total. The topological polar surface area (TPSA) is 45.0 Å². The maximum atomic E-state index is 13.3. The number of para-hydroxylation sites is 1. The van der Waals surface area contributed by atoms with Gasteiger partial charge in [-0.15, -0.1) is 0 Å². The van der Waals surface area contributed by atoms with Crippen molar-refractivity contribution in [3.05, 3.63) is 24.0 Å². The molecule has 0 saturated heterocycles. The van der Waals surface area contributed by atoms with E-state index < -0.39 is 6.10 Å². The van der Waals surface area contributed by atoms with E-state index in [0.29, 0.717) is 11.4 Å². The Bertz CT molecular complexity index is 400. The average molecular weight is 192 g/mol. The van der Waals surface area contributed by atoms with Gasteiger partial charge >= 0.3 is 0 Å². The Morgan fingerprint density at radius 2 is 2.36 bits per heavy atom. The van der Waals surface area contributed by atoms with E-state index in [2.05, 4.69) is 5.32 Å². The summed E-state index contributed by atoms with van der Waals surface area (Å²) < 4.78 is 18.6. The lowest BCUT2D eigenvalue weighted by molar-refractivity contribution is 0.225. The van der Waals surface area contributed by atoms with Gasteiger partial charge in [-0.1, -0.05) is 6.07 Å². The SMILES string of the molecule is CC1Nc2c(F)cccc2OC1C#N. The van der Waals surface area contributed by atoms with E-state index in [4.69, 9.17) is 10.00 Å². The number of fused-ring (bicyclic) bond motifs is 1. The molecule has 14 heavy (non-hydrogen) atoms. The molecule has 0 radical (unpaired) electrons.